The third-order valence-corrected chi connectivity index (χ3v) is 3.23. The van der Waals surface area contributed by atoms with Gasteiger partial charge in [0.1, 0.15) is 5.82 Å². The van der Waals surface area contributed by atoms with E-state index in [1.807, 2.05) is 6.07 Å². The van der Waals surface area contributed by atoms with Crippen molar-refractivity contribution in [2.75, 3.05) is 31.1 Å². The van der Waals surface area contributed by atoms with Gasteiger partial charge < -0.3 is 10.2 Å². The summed E-state index contributed by atoms with van der Waals surface area (Å²) in [6.45, 7) is 3.70. The highest BCUT2D eigenvalue weighted by molar-refractivity contribution is 9.10. The van der Waals surface area contributed by atoms with E-state index in [2.05, 4.69) is 26.1 Å². The summed E-state index contributed by atoms with van der Waals surface area (Å²) in [6.07, 6.45) is 1.06. The maximum atomic E-state index is 13.7. The van der Waals surface area contributed by atoms with Gasteiger partial charge in [-0.05, 0) is 41.0 Å². The van der Waals surface area contributed by atoms with E-state index in [9.17, 15) is 4.39 Å². The van der Waals surface area contributed by atoms with Crippen LogP contribution >= 0.6 is 15.9 Å². The largest absolute Gasteiger partial charge is 0.367 e. The van der Waals surface area contributed by atoms with Crippen molar-refractivity contribution in [3.63, 3.8) is 0 Å². The molecular formula is C11H14BrFN2. The van der Waals surface area contributed by atoms with E-state index in [0.717, 1.165) is 37.1 Å². The molecule has 82 valence electrons. The Balaban J connectivity index is 2.26. The summed E-state index contributed by atoms with van der Waals surface area (Å²) in [4.78, 5) is 2.10. The predicted molar refractivity (Wildman–Crippen MR) is 63.8 cm³/mol. The average Bonchev–Trinajstić information content (AvgIpc) is 2.46. The van der Waals surface area contributed by atoms with Gasteiger partial charge in [-0.3, -0.25) is 0 Å². The van der Waals surface area contributed by atoms with E-state index in [4.69, 9.17) is 0 Å². The van der Waals surface area contributed by atoms with Gasteiger partial charge in [0.05, 0.1) is 5.69 Å². The summed E-state index contributed by atoms with van der Waals surface area (Å²) >= 11 is 3.41. The molecule has 0 spiro atoms. The summed E-state index contributed by atoms with van der Waals surface area (Å²) in [5.41, 5.74) is 0.696. The summed E-state index contributed by atoms with van der Waals surface area (Å²) in [5, 5.41) is 3.31. The third kappa shape index (κ3) is 2.49. The van der Waals surface area contributed by atoms with Crippen LogP contribution in [0.2, 0.25) is 0 Å². The fourth-order valence-corrected chi connectivity index (χ4v) is 2.45. The predicted octanol–water partition coefficient (Wildman–Crippen LogP) is 2.39. The topological polar surface area (TPSA) is 15.3 Å². The van der Waals surface area contributed by atoms with Gasteiger partial charge >= 0.3 is 0 Å². The van der Waals surface area contributed by atoms with Gasteiger partial charge in [0, 0.05) is 24.1 Å². The quantitative estimate of drug-likeness (QED) is 0.845. The van der Waals surface area contributed by atoms with Crippen molar-refractivity contribution in [2.24, 2.45) is 0 Å². The number of benzene rings is 1. The molecule has 15 heavy (non-hydrogen) atoms. The van der Waals surface area contributed by atoms with Crippen LogP contribution in [0.15, 0.2) is 22.7 Å². The first-order valence-corrected chi connectivity index (χ1v) is 5.98. The number of para-hydroxylation sites is 1. The van der Waals surface area contributed by atoms with Crippen molar-refractivity contribution < 1.29 is 4.39 Å². The fraction of sp³-hybridized carbons (Fsp3) is 0.455. The first kappa shape index (κ1) is 10.9. The van der Waals surface area contributed by atoms with Crippen LogP contribution < -0.4 is 10.2 Å². The molecule has 0 bridgehead atoms. The highest BCUT2D eigenvalue weighted by Crippen LogP contribution is 2.29. The number of rotatable bonds is 1. The molecule has 1 heterocycles. The van der Waals surface area contributed by atoms with Gasteiger partial charge in [-0.1, -0.05) is 6.07 Å². The monoisotopic (exact) mass is 272 g/mol. The second-order valence-electron chi connectivity index (χ2n) is 3.66. The Morgan fingerprint density at radius 2 is 2.13 bits per heavy atom. The number of nitrogens with zero attached hydrogens (tertiary/aromatic N) is 1. The van der Waals surface area contributed by atoms with Crippen molar-refractivity contribution in [2.45, 2.75) is 6.42 Å². The minimum absolute atomic E-state index is 0.147. The number of nitrogens with one attached hydrogen (secondary N) is 1. The van der Waals surface area contributed by atoms with Crippen LogP contribution in [0.3, 0.4) is 0 Å². The van der Waals surface area contributed by atoms with Gasteiger partial charge in [0.25, 0.3) is 0 Å². The van der Waals surface area contributed by atoms with Crippen LogP contribution in [-0.2, 0) is 0 Å². The van der Waals surface area contributed by atoms with Gasteiger partial charge in [-0.15, -0.1) is 0 Å². The van der Waals surface area contributed by atoms with Gasteiger partial charge in [-0.2, -0.15) is 0 Å². The molecule has 0 unspecified atom stereocenters. The first-order chi connectivity index (χ1) is 7.29. The third-order valence-electron chi connectivity index (χ3n) is 2.59. The first-order valence-electron chi connectivity index (χ1n) is 5.19. The molecule has 2 nitrogen and oxygen atoms in total. The number of anilines is 1. The minimum atomic E-state index is -0.147. The molecule has 0 aliphatic carbocycles. The smallest absolute Gasteiger partial charge is 0.147 e. The molecule has 1 aromatic carbocycles. The molecule has 2 rings (SSSR count). The highest BCUT2D eigenvalue weighted by Gasteiger charge is 2.15. The van der Waals surface area contributed by atoms with Crippen molar-refractivity contribution in [3.8, 4) is 0 Å². The Hall–Kier alpha value is -0.610. The number of halogens is 2. The lowest BCUT2D eigenvalue weighted by Crippen LogP contribution is -2.28. The lowest BCUT2D eigenvalue weighted by atomic mass is 10.2. The lowest BCUT2D eigenvalue weighted by Gasteiger charge is -2.23. The van der Waals surface area contributed by atoms with E-state index in [-0.39, 0.29) is 5.82 Å². The lowest BCUT2D eigenvalue weighted by molar-refractivity contribution is 0.617. The fourth-order valence-electron chi connectivity index (χ4n) is 1.86. The Kier molecular flexibility index (Phi) is 3.59. The second-order valence-corrected chi connectivity index (χ2v) is 4.52. The van der Waals surface area contributed by atoms with Crippen LogP contribution in [0.5, 0.6) is 0 Å². The molecule has 1 N–H and O–H groups in total. The molecule has 0 atom stereocenters. The van der Waals surface area contributed by atoms with Gasteiger partial charge in [-0.25, -0.2) is 4.39 Å². The Bertz CT molecular complexity index is 315. The molecule has 0 aromatic heterocycles. The van der Waals surface area contributed by atoms with Gasteiger partial charge in [0.15, 0.2) is 0 Å². The molecule has 1 saturated heterocycles. The minimum Gasteiger partial charge on any atom is -0.367 e. The molecular weight excluding hydrogens is 259 g/mol. The van der Waals surface area contributed by atoms with Crippen LogP contribution in [0.1, 0.15) is 6.42 Å². The zero-order valence-electron chi connectivity index (χ0n) is 8.47. The van der Waals surface area contributed by atoms with E-state index in [0.29, 0.717) is 5.69 Å². The summed E-state index contributed by atoms with van der Waals surface area (Å²) in [6, 6.07) is 5.12. The van der Waals surface area contributed by atoms with Crippen LogP contribution in [0.25, 0.3) is 0 Å². The van der Waals surface area contributed by atoms with Gasteiger partial charge in [0.2, 0.25) is 0 Å². The van der Waals surface area contributed by atoms with Crippen LogP contribution in [0, 0.1) is 5.82 Å². The maximum Gasteiger partial charge on any atom is 0.147 e. The zero-order valence-corrected chi connectivity index (χ0v) is 10.1. The number of hydrogen-bond acceptors (Lipinski definition) is 2. The van der Waals surface area contributed by atoms with Crippen molar-refractivity contribution >= 4 is 21.6 Å². The van der Waals surface area contributed by atoms with E-state index >= 15 is 0 Å². The Morgan fingerprint density at radius 1 is 1.27 bits per heavy atom. The van der Waals surface area contributed by atoms with Crippen molar-refractivity contribution in [1.29, 1.82) is 0 Å². The highest BCUT2D eigenvalue weighted by atomic mass is 79.9. The average molecular weight is 273 g/mol. The van der Waals surface area contributed by atoms with Crippen LogP contribution in [0.4, 0.5) is 10.1 Å². The molecule has 1 fully saturated rings. The summed E-state index contributed by atoms with van der Waals surface area (Å²) in [7, 11) is 0. The zero-order chi connectivity index (χ0) is 10.7. The summed E-state index contributed by atoms with van der Waals surface area (Å²) < 4.78 is 14.5. The molecule has 0 amide bonds. The summed E-state index contributed by atoms with van der Waals surface area (Å²) in [5.74, 6) is -0.147. The molecule has 0 radical (unpaired) electrons. The molecule has 1 aliphatic rings. The SMILES string of the molecule is Fc1cccc(Br)c1N1CCCNCC1. The number of hydrogen-bond donors (Lipinski definition) is 1. The molecule has 1 aliphatic heterocycles. The Labute approximate surface area is 97.6 Å². The standard InChI is InChI=1S/C11H14BrFN2/c12-9-3-1-4-10(13)11(9)15-7-2-5-14-6-8-15/h1,3-4,14H,2,5-8H2. The van der Waals surface area contributed by atoms with E-state index in [1.165, 1.54) is 6.07 Å². The van der Waals surface area contributed by atoms with Crippen molar-refractivity contribution in [3.05, 3.63) is 28.5 Å². The molecule has 1 aromatic rings. The molecule has 4 heteroatoms. The molecule has 0 saturated carbocycles. The maximum absolute atomic E-state index is 13.7. The van der Waals surface area contributed by atoms with E-state index in [1.54, 1.807) is 6.07 Å². The normalized spacial score (nSPS) is 17.6. The van der Waals surface area contributed by atoms with Crippen LogP contribution in [-0.4, -0.2) is 26.2 Å². The Morgan fingerprint density at radius 3 is 2.93 bits per heavy atom. The van der Waals surface area contributed by atoms with Crippen molar-refractivity contribution in [1.82, 2.24) is 5.32 Å². The van der Waals surface area contributed by atoms with E-state index < -0.39 is 0 Å². The second kappa shape index (κ2) is 4.94.